The highest BCUT2D eigenvalue weighted by atomic mass is 19.1. The Bertz CT molecular complexity index is 437. The Morgan fingerprint density at radius 3 is 2.82 bits per heavy atom. The van der Waals surface area contributed by atoms with Crippen molar-refractivity contribution in [2.45, 2.75) is 12.5 Å². The van der Waals surface area contributed by atoms with Crippen LogP contribution in [0.4, 0.5) is 8.78 Å². The number of ketones is 1. The molecule has 1 aromatic carbocycles. The van der Waals surface area contributed by atoms with E-state index in [0.29, 0.717) is 25.6 Å². The molecule has 1 N–H and O–H groups in total. The van der Waals surface area contributed by atoms with Gasteiger partial charge in [-0.1, -0.05) is 0 Å². The van der Waals surface area contributed by atoms with Crippen molar-refractivity contribution in [3.8, 4) is 0 Å². The van der Waals surface area contributed by atoms with Gasteiger partial charge in [0.2, 0.25) is 0 Å². The van der Waals surface area contributed by atoms with Crippen LogP contribution in [-0.4, -0.2) is 41.5 Å². The molecule has 0 spiro atoms. The number of aliphatic hydroxyl groups excluding tert-OH is 1. The molecule has 1 atom stereocenters. The maximum absolute atomic E-state index is 13.3. The SMILES string of the molecule is O=C(CN1CCC(O)C1)c1ccc(F)cc1F. The predicted octanol–water partition coefficient (Wildman–Crippen LogP) is 1.21. The summed E-state index contributed by atoms with van der Waals surface area (Å²) < 4.78 is 26.0. The number of benzene rings is 1. The molecule has 1 aromatic rings. The standard InChI is InChI=1S/C12H13F2NO2/c13-8-1-2-10(11(14)5-8)12(17)7-15-4-3-9(16)6-15/h1-2,5,9,16H,3-4,6-7H2. The lowest BCUT2D eigenvalue weighted by atomic mass is 10.1. The first-order valence-corrected chi connectivity index (χ1v) is 5.45. The molecule has 0 aliphatic carbocycles. The molecule has 0 aromatic heterocycles. The van der Waals surface area contributed by atoms with Gasteiger partial charge in [-0.15, -0.1) is 0 Å². The first-order valence-electron chi connectivity index (χ1n) is 5.45. The molecule has 1 saturated heterocycles. The van der Waals surface area contributed by atoms with E-state index in [1.165, 1.54) is 0 Å². The molecule has 3 nitrogen and oxygen atoms in total. The number of aliphatic hydroxyl groups is 1. The van der Waals surface area contributed by atoms with E-state index in [2.05, 4.69) is 0 Å². The zero-order valence-corrected chi connectivity index (χ0v) is 9.20. The van der Waals surface area contributed by atoms with Crippen LogP contribution in [0.15, 0.2) is 18.2 Å². The second-order valence-corrected chi connectivity index (χ2v) is 4.22. The van der Waals surface area contributed by atoms with Gasteiger partial charge in [-0.05, 0) is 18.6 Å². The Hall–Kier alpha value is -1.33. The first-order chi connectivity index (χ1) is 8.06. The fourth-order valence-electron chi connectivity index (χ4n) is 1.96. The van der Waals surface area contributed by atoms with Crippen LogP contribution in [0.1, 0.15) is 16.8 Å². The molecular weight excluding hydrogens is 228 g/mol. The normalized spacial score (nSPS) is 20.8. The second kappa shape index (κ2) is 4.89. The summed E-state index contributed by atoms with van der Waals surface area (Å²) in [6, 6.07) is 2.92. The van der Waals surface area contributed by atoms with Gasteiger partial charge in [0, 0.05) is 19.2 Å². The van der Waals surface area contributed by atoms with Crippen LogP contribution in [0.2, 0.25) is 0 Å². The van der Waals surface area contributed by atoms with Crippen molar-refractivity contribution >= 4 is 5.78 Å². The van der Waals surface area contributed by atoms with E-state index >= 15 is 0 Å². The molecule has 1 unspecified atom stereocenters. The number of hydrogen-bond acceptors (Lipinski definition) is 3. The van der Waals surface area contributed by atoms with E-state index in [9.17, 15) is 18.7 Å². The first kappa shape index (κ1) is 12.1. The highest BCUT2D eigenvalue weighted by molar-refractivity contribution is 5.97. The van der Waals surface area contributed by atoms with Crippen LogP contribution in [0, 0.1) is 11.6 Å². The van der Waals surface area contributed by atoms with Gasteiger partial charge >= 0.3 is 0 Å². The topological polar surface area (TPSA) is 40.5 Å². The molecule has 0 saturated carbocycles. The van der Waals surface area contributed by atoms with Crippen molar-refractivity contribution in [1.82, 2.24) is 4.90 Å². The highest BCUT2D eigenvalue weighted by Crippen LogP contribution is 2.13. The van der Waals surface area contributed by atoms with Gasteiger partial charge in [-0.2, -0.15) is 0 Å². The maximum Gasteiger partial charge on any atom is 0.179 e. The molecular formula is C12H13F2NO2. The summed E-state index contributed by atoms with van der Waals surface area (Å²) in [5.74, 6) is -1.93. The minimum Gasteiger partial charge on any atom is -0.392 e. The van der Waals surface area contributed by atoms with Crippen LogP contribution >= 0.6 is 0 Å². The van der Waals surface area contributed by atoms with Crippen molar-refractivity contribution in [1.29, 1.82) is 0 Å². The Morgan fingerprint density at radius 1 is 1.47 bits per heavy atom. The van der Waals surface area contributed by atoms with Crippen molar-refractivity contribution in [3.63, 3.8) is 0 Å². The van der Waals surface area contributed by atoms with E-state index in [-0.39, 0.29) is 12.1 Å². The highest BCUT2D eigenvalue weighted by Gasteiger charge is 2.23. The van der Waals surface area contributed by atoms with Gasteiger partial charge in [-0.3, -0.25) is 9.69 Å². The van der Waals surface area contributed by atoms with Crippen LogP contribution < -0.4 is 0 Å². The molecule has 0 radical (unpaired) electrons. The number of β-amino-alcohol motifs (C(OH)–C–C–N with tert-alkyl or cyclic N) is 1. The molecule has 1 aliphatic rings. The third-order valence-corrected chi connectivity index (χ3v) is 2.85. The molecule has 1 aliphatic heterocycles. The molecule has 92 valence electrons. The van der Waals surface area contributed by atoms with Gasteiger partial charge in [0.15, 0.2) is 5.78 Å². The third-order valence-electron chi connectivity index (χ3n) is 2.85. The number of hydrogen-bond donors (Lipinski definition) is 1. The average molecular weight is 241 g/mol. The Kier molecular flexibility index (Phi) is 3.49. The van der Waals surface area contributed by atoms with Gasteiger partial charge in [0.05, 0.1) is 18.2 Å². The molecule has 2 rings (SSSR count). The number of Topliss-reactive ketones (excluding diaryl/α,β-unsaturated/α-hetero) is 1. The number of rotatable bonds is 3. The summed E-state index contributed by atoms with van der Waals surface area (Å²) in [6.45, 7) is 1.10. The van der Waals surface area contributed by atoms with E-state index in [1.807, 2.05) is 0 Å². The summed E-state index contributed by atoms with van der Waals surface area (Å²) in [6.07, 6.45) is 0.208. The molecule has 17 heavy (non-hydrogen) atoms. The fraction of sp³-hybridized carbons (Fsp3) is 0.417. The van der Waals surface area contributed by atoms with Crippen LogP contribution in [0.5, 0.6) is 0 Å². The zero-order valence-electron chi connectivity index (χ0n) is 9.20. The molecule has 0 bridgehead atoms. The summed E-state index contributed by atoms with van der Waals surface area (Å²) in [4.78, 5) is 13.5. The van der Waals surface area contributed by atoms with Crippen LogP contribution in [0.25, 0.3) is 0 Å². The summed E-state index contributed by atoms with van der Waals surface area (Å²) in [5, 5.41) is 9.30. The van der Waals surface area contributed by atoms with E-state index in [1.54, 1.807) is 4.90 Å². The number of carbonyl (C=O) groups is 1. The summed E-state index contributed by atoms with van der Waals surface area (Å²) >= 11 is 0. The van der Waals surface area contributed by atoms with Crippen molar-refractivity contribution < 1.29 is 18.7 Å². The smallest absolute Gasteiger partial charge is 0.179 e. The van der Waals surface area contributed by atoms with Gasteiger partial charge in [0.25, 0.3) is 0 Å². The average Bonchev–Trinajstić information content (AvgIpc) is 2.63. The Morgan fingerprint density at radius 2 is 2.24 bits per heavy atom. The maximum atomic E-state index is 13.3. The second-order valence-electron chi connectivity index (χ2n) is 4.22. The summed E-state index contributed by atoms with van der Waals surface area (Å²) in [7, 11) is 0. The van der Waals surface area contributed by atoms with E-state index in [4.69, 9.17) is 0 Å². The third kappa shape index (κ3) is 2.87. The van der Waals surface area contributed by atoms with Crippen molar-refractivity contribution in [2.75, 3.05) is 19.6 Å². The number of carbonyl (C=O) groups excluding carboxylic acids is 1. The lowest BCUT2D eigenvalue weighted by molar-refractivity contribution is 0.0931. The Labute approximate surface area is 97.7 Å². The van der Waals surface area contributed by atoms with Crippen molar-refractivity contribution in [3.05, 3.63) is 35.4 Å². The van der Waals surface area contributed by atoms with E-state index in [0.717, 1.165) is 12.1 Å². The fourth-order valence-corrected chi connectivity index (χ4v) is 1.96. The summed E-state index contributed by atoms with van der Waals surface area (Å²) in [5.41, 5.74) is -0.104. The van der Waals surface area contributed by atoms with Gasteiger partial charge in [0.1, 0.15) is 11.6 Å². The Balaban J connectivity index is 2.04. The number of likely N-dealkylation sites (tertiary alicyclic amines) is 1. The van der Waals surface area contributed by atoms with Gasteiger partial charge in [-0.25, -0.2) is 8.78 Å². The van der Waals surface area contributed by atoms with E-state index < -0.39 is 23.5 Å². The van der Waals surface area contributed by atoms with Gasteiger partial charge < -0.3 is 5.11 Å². The minimum atomic E-state index is -0.838. The zero-order chi connectivity index (χ0) is 12.4. The molecule has 1 fully saturated rings. The monoisotopic (exact) mass is 241 g/mol. The predicted molar refractivity (Wildman–Crippen MR) is 57.8 cm³/mol. The van der Waals surface area contributed by atoms with Crippen LogP contribution in [0.3, 0.4) is 0 Å². The molecule has 5 heteroatoms. The molecule has 0 amide bonds. The number of halogens is 2. The van der Waals surface area contributed by atoms with Crippen molar-refractivity contribution in [2.24, 2.45) is 0 Å². The largest absolute Gasteiger partial charge is 0.392 e. The quantitative estimate of drug-likeness (QED) is 0.809. The van der Waals surface area contributed by atoms with Crippen LogP contribution in [-0.2, 0) is 0 Å². The lowest BCUT2D eigenvalue weighted by Gasteiger charge is -2.13. The minimum absolute atomic E-state index is 0.0552. The lowest BCUT2D eigenvalue weighted by Crippen LogP contribution is -2.29. The number of nitrogens with zero attached hydrogens (tertiary/aromatic N) is 1. The molecule has 1 heterocycles.